The van der Waals surface area contributed by atoms with Crippen LogP contribution >= 0.6 is 12.4 Å². The van der Waals surface area contributed by atoms with E-state index in [1.54, 1.807) is 7.11 Å². The van der Waals surface area contributed by atoms with Crippen molar-refractivity contribution < 1.29 is 9.53 Å². The lowest BCUT2D eigenvalue weighted by atomic mass is 9.79. The van der Waals surface area contributed by atoms with Crippen LogP contribution in [0.2, 0.25) is 0 Å². The maximum absolute atomic E-state index is 12.0. The van der Waals surface area contributed by atoms with Crippen molar-refractivity contribution in [2.75, 3.05) is 39.9 Å². The Balaban J connectivity index is 0.00000289. The third-order valence-electron chi connectivity index (χ3n) is 3.75. The normalized spacial score (nSPS) is 23.6. The number of carbonyl (C=O) groups excluding carboxylic acids is 1. The van der Waals surface area contributed by atoms with Crippen molar-refractivity contribution >= 4 is 18.3 Å². The number of piperidine rings is 1. The van der Waals surface area contributed by atoms with E-state index in [0.29, 0.717) is 18.6 Å². The van der Waals surface area contributed by atoms with Gasteiger partial charge in [-0.2, -0.15) is 0 Å². The van der Waals surface area contributed by atoms with E-state index in [4.69, 9.17) is 4.74 Å². The third kappa shape index (κ3) is 5.55. The minimum Gasteiger partial charge on any atom is -0.383 e. The first-order chi connectivity index (χ1) is 8.11. The molecule has 1 amide bonds. The van der Waals surface area contributed by atoms with Gasteiger partial charge >= 0.3 is 0 Å². The van der Waals surface area contributed by atoms with E-state index < -0.39 is 0 Å². The number of hydrogen-bond donors (Lipinski definition) is 1. The molecule has 5 heteroatoms. The summed E-state index contributed by atoms with van der Waals surface area (Å²) in [6, 6.07) is 0. The molecule has 108 valence electrons. The third-order valence-corrected chi connectivity index (χ3v) is 3.75. The Hall–Kier alpha value is -0.320. The summed E-state index contributed by atoms with van der Waals surface area (Å²) in [6.07, 6.45) is 3.52. The van der Waals surface area contributed by atoms with Gasteiger partial charge in [0.1, 0.15) is 0 Å². The molecule has 4 nitrogen and oxygen atoms in total. The van der Waals surface area contributed by atoms with Gasteiger partial charge in [-0.1, -0.05) is 13.8 Å². The van der Waals surface area contributed by atoms with Gasteiger partial charge in [0.15, 0.2) is 0 Å². The molecule has 0 aromatic heterocycles. The Morgan fingerprint density at radius 1 is 1.50 bits per heavy atom. The Morgan fingerprint density at radius 3 is 2.83 bits per heavy atom. The zero-order valence-electron chi connectivity index (χ0n) is 11.8. The van der Waals surface area contributed by atoms with E-state index in [9.17, 15) is 4.79 Å². The Labute approximate surface area is 117 Å². The smallest absolute Gasteiger partial charge is 0.236 e. The molecule has 0 radical (unpaired) electrons. The summed E-state index contributed by atoms with van der Waals surface area (Å²) in [6.45, 7) is 8.15. The number of amides is 1. The molecule has 1 saturated heterocycles. The number of nitrogens with one attached hydrogen (secondary N) is 1. The maximum atomic E-state index is 12.0. The van der Waals surface area contributed by atoms with Crippen molar-refractivity contribution in [3.05, 3.63) is 0 Å². The highest BCUT2D eigenvalue weighted by Gasteiger charge is 2.31. The Morgan fingerprint density at radius 2 is 2.22 bits per heavy atom. The average Bonchev–Trinajstić information content (AvgIpc) is 2.34. The van der Waals surface area contributed by atoms with Gasteiger partial charge in [-0.3, -0.25) is 4.79 Å². The largest absolute Gasteiger partial charge is 0.383 e. The van der Waals surface area contributed by atoms with Gasteiger partial charge in [0.25, 0.3) is 0 Å². The van der Waals surface area contributed by atoms with Crippen molar-refractivity contribution in [2.45, 2.75) is 33.1 Å². The number of methoxy groups -OCH3 is 1. The molecule has 1 N–H and O–H groups in total. The van der Waals surface area contributed by atoms with Crippen LogP contribution in [-0.4, -0.2) is 50.7 Å². The number of nitrogens with zero attached hydrogens (tertiary/aromatic N) is 1. The van der Waals surface area contributed by atoms with Gasteiger partial charge in [0, 0.05) is 26.7 Å². The first-order valence-corrected chi connectivity index (χ1v) is 6.59. The first kappa shape index (κ1) is 17.7. The zero-order valence-corrected chi connectivity index (χ0v) is 12.6. The molecule has 0 spiro atoms. The lowest BCUT2D eigenvalue weighted by Crippen LogP contribution is -2.47. The minimum absolute atomic E-state index is 0. The van der Waals surface area contributed by atoms with Crippen molar-refractivity contribution in [1.82, 2.24) is 10.2 Å². The predicted molar refractivity (Wildman–Crippen MR) is 76.2 cm³/mol. The summed E-state index contributed by atoms with van der Waals surface area (Å²) in [5.74, 6) is 0.223. The quantitative estimate of drug-likeness (QED) is 0.752. The number of rotatable bonds is 6. The van der Waals surface area contributed by atoms with Crippen LogP contribution < -0.4 is 5.32 Å². The van der Waals surface area contributed by atoms with Gasteiger partial charge in [-0.15, -0.1) is 12.4 Å². The fourth-order valence-electron chi connectivity index (χ4n) is 2.30. The van der Waals surface area contributed by atoms with Gasteiger partial charge in [0.2, 0.25) is 5.91 Å². The summed E-state index contributed by atoms with van der Waals surface area (Å²) >= 11 is 0. The fourth-order valence-corrected chi connectivity index (χ4v) is 2.30. The molecule has 1 fully saturated rings. The van der Waals surface area contributed by atoms with Crippen LogP contribution in [0.5, 0.6) is 0 Å². The highest BCUT2D eigenvalue weighted by molar-refractivity contribution is 5.85. The first-order valence-electron chi connectivity index (χ1n) is 6.59. The summed E-state index contributed by atoms with van der Waals surface area (Å²) < 4.78 is 4.93. The monoisotopic (exact) mass is 278 g/mol. The number of hydrogen-bond acceptors (Lipinski definition) is 3. The van der Waals surface area contributed by atoms with Crippen LogP contribution in [0.15, 0.2) is 0 Å². The number of likely N-dealkylation sites (tertiary alicyclic amines) is 1. The molecule has 18 heavy (non-hydrogen) atoms. The van der Waals surface area contributed by atoms with Crippen molar-refractivity contribution in [2.24, 2.45) is 5.41 Å². The molecule has 0 saturated carbocycles. The van der Waals surface area contributed by atoms with Crippen LogP contribution in [0.1, 0.15) is 33.1 Å². The molecule has 1 aliphatic heterocycles. The second-order valence-electron chi connectivity index (χ2n) is 5.25. The maximum Gasteiger partial charge on any atom is 0.236 e. The molecule has 1 aliphatic rings. The number of halogens is 1. The standard InChI is InChI=1S/C13H26N2O2.ClH/c1-4-13(2)6-5-8-15(11-13)12(16)10-14-7-9-17-3;/h14H,4-11H2,1-3H3;1H. The molecule has 0 aromatic rings. The van der Waals surface area contributed by atoms with Crippen molar-refractivity contribution in [3.8, 4) is 0 Å². The summed E-state index contributed by atoms with van der Waals surface area (Å²) in [4.78, 5) is 14.0. The highest BCUT2D eigenvalue weighted by Crippen LogP contribution is 2.32. The van der Waals surface area contributed by atoms with E-state index in [2.05, 4.69) is 19.2 Å². The van der Waals surface area contributed by atoms with Gasteiger partial charge in [-0.25, -0.2) is 0 Å². The molecule has 1 heterocycles. The molecule has 1 unspecified atom stereocenters. The number of carbonyl (C=O) groups is 1. The zero-order chi connectivity index (χ0) is 12.7. The second kappa shape index (κ2) is 8.73. The van der Waals surface area contributed by atoms with E-state index in [1.165, 1.54) is 6.42 Å². The van der Waals surface area contributed by atoms with E-state index in [1.807, 2.05) is 4.90 Å². The fraction of sp³-hybridized carbons (Fsp3) is 0.923. The lowest BCUT2D eigenvalue weighted by molar-refractivity contribution is -0.133. The van der Waals surface area contributed by atoms with Crippen molar-refractivity contribution in [1.29, 1.82) is 0 Å². The van der Waals surface area contributed by atoms with Crippen LogP contribution in [-0.2, 0) is 9.53 Å². The van der Waals surface area contributed by atoms with E-state index in [-0.39, 0.29) is 18.3 Å². The summed E-state index contributed by atoms with van der Waals surface area (Å²) in [7, 11) is 1.67. The molecule has 1 rings (SSSR count). The van der Waals surface area contributed by atoms with Crippen LogP contribution in [0.4, 0.5) is 0 Å². The van der Waals surface area contributed by atoms with Crippen LogP contribution in [0.3, 0.4) is 0 Å². The Bertz CT molecular complexity index is 251. The summed E-state index contributed by atoms with van der Waals surface area (Å²) in [5.41, 5.74) is 0.320. The molecule has 0 aromatic carbocycles. The molecular formula is C13H27ClN2O2. The van der Waals surface area contributed by atoms with Crippen LogP contribution in [0.25, 0.3) is 0 Å². The molecule has 0 bridgehead atoms. The van der Waals surface area contributed by atoms with Crippen molar-refractivity contribution in [3.63, 3.8) is 0 Å². The van der Waals surface area contributed by atoms with Gasteiger partial charge < -0.3 is 15.0 Å². The van der Waals surface area contributed by atoms with E-state index in [0.717, 1.165) is 32.5 Å². The molecule has 1 atom stereocenters. The number of ether oxygens (including phenoxy) is 1. The predicted octanol–water partition coefficient (Wildman–Crippen LogP) is 1.68. The minimum atomic E-state index is 0. The topological polar surface area (TPSA) is 41.6 Å². The van der Waals surface area contributed by atoms with Crippen LogP contribution in [0, 0.1) is 5.41 Å². The van der Waals surface area contributed by atoms with Gasteiger partial charge in [-0.05, 0) is 24.7 Å². The highest BCUT2D eigenvalue weighted by atomic mass is 35.5. The summed E-state index contributed by atoms with van der Waals surface area (Å²) in [5, 5.41) is 3.11. The van der Waals surface area contributed by atoms with Gasteiger partial charge in [0.05, 0.1) is 13.2 Å². The Kier molecular flexibility index (Phi) is 8.57. The lowest BCUT2D eigenvalue weighted by Gasteiger charge is -2.40. The second-order valence-corrected chi connectivity index (χ2v) is 5.25. The van der Waals surface area contributed by atoms with E-state index >= 15 is 0 Å². The molecular weight excluding hydrogens is 252 g/mol. The average molecular weight is 279 g/mol. The molecule has 0 aliphatic carbocycles. The SMILES string of the molecule is CCC1(C)CCCN(C(=O)CNCCOC)C1.Cl.